The van der Waals surface area contributed by atoms with E-state index in [4.69, 9.17) is 4.74 Å². The van der Waals surface area contributed by atoms with E-state index >= 15 is 0 Å². The van der Waals surface area contributed by atoms with Crippen LogP contribution in [0, 0.1) is 11.8 Å². The number of rotatable bonds is 2. The zero-order chi connectivity index (χ0) is 8.97. The minimum atomic E-state index is -0.152. The number of ether oxygens (including phenoxy) is 1. The van der Waals surface area contributed by atoms with Crippen LogP contribution < -0.4 is 5.32 Å². The highest BCUT2D eigenvalue weighted by atomic mass is 16.6. The molecule has 1 aliphatic rings. The Morgan fingerprint density at radius 2 is 2.50 bits per heavy atom. The van der Waals surface area contributed by atoms with Gasteiger partial charge in [-0.05, 0) is 13.8 Å². The Morgan fingerprint density at radius 1 is 1.75 bits per heavy atom. The number of carbonyl (C=O) groups is 1. The van der Waals surface area contributed by atoms with Crippen molar-refractivity contribution in [3.8, 4) is 11.8 Å². The molecule has 1 N–H and O–H groups in total. The molecule has 2 unspecified atom stereocenters. The lowest BCUT2D eigenvalue weighted by atomic mass is 10.2. The molecule has 0 aromatic carbocycles. The molecule has 3 heteroatoms. The third-order valence-electron chi connectivity index (χ3n) is 1.78. The van der Waals surface area contributed by atoms with Gasteiger partial charge in [0, 0.05) is 6.42 Å². The predicted octanol–water partition coefficient (Wildman–Crippen LogP) is 0.303. The Bertz CT molecular complexity index is 226. The second-order valence-electron chi connectivity index (χ2n) is 2.84. The summed E-state index contributed by atoms with van der Waals surface area (Å²) in [7, 11) is 0. The van der Waals surface area contributed by atoms with Crippen LogP contribution in [0.1, 0.15) is 20.3 Å². The van der Waals surface area contributed by atoms with E-state index in [0.29, 0.717) is 6.54 Å². The summed E-state index contributed by atoms with van der Waals surface area (Å²) in [4.78, 5) is 11.0. The smallest absolute Gasteiger partial charge is 0.323 e. The van der Waals surface area contributed by atoms with Crippen molar-refractivity contribution in [2.75, 3.05) is 6.54 Å². The monoisotopic (exact) mass is 167 g/mol. The van der Waals surface area contributed by atoms with Crippen molar-refractivity contribution < 1.29 is 9.53 Å². The normalized spacial score (nSPS) is 27.7. The average molecular weight is 167 g/mol. The SMILES string of the molecule is CC#CCNC1CC(C)OC1=O. The highest BCUT2D eigenvalue weighted by Gasteiger charge is 2.30. The summed E-state index contributed by atoms with van der Waals surface area (Å²) in [5.41, 5.74) is 0. The van der Waals surface area contributed by atoms with Gasteiger partial charge in [-0.1, -0.05) is 5.92 Å². The standard InChI is InChI=1S/C9H13NO2/c1-3-4-5-10-8-6-7(2)12-9(8)11/h7-8,10H,5-6H2,1-2H3. The van der Waals surface area contributed by atoms with Crippen molar-refractivity contribution in [1.82, 2.24) is 5.32 Å². The Hall–Kier alpha value is -1.01. The molecule has 1 saturated heterocycles. The van der Waals surface area contributed by atoms with Crippen molar-refractivity contribution in [2.24, 2.45) is 0 Å². The van der Waals surface area contributed by atoms with E-state index in [9.17, 15) is 4.79 Å². The molecule has 12 heavy (non-hydrogen) atoms. The number of hydrogen-bond donors (Lipinski definition) is 1. The van der Waals surface area contributed by atoms with Crippen LogP contribution in [0.3, 0.4) is 0 Å². The first-order chi connectivity index (χ1) is 5.74. The molecule has 2 atom stereocenters. The number of esters is 1. The first-order valence-corrected chi connectivity index (χ1v) is 4.07. The van der Waals surface area contributed by atoms with E-state index in [1.807, 2.05) is 6.92 Å². The molecule has 1 aliphatic heterocycles. The zero-order valence-corrected chi connectivity index (χ0v) is 7.39. The Balaban J connectivity index is 2.31. The molecule has 3 nitrogen and oxygen atoms in total. The molecule has 1 fully saturated rings. The lowest BCUT2D eigenvalue weighted by Crippen LogP contribution is -2.33. The van der Waals surface area contributed by atoms with Gasteiger partial charge in [-0.2, -0.15) is 0 Å². The molecule has 0 bridgehead atoms. The van der Waals surface area contributed by atoms with E-state index in [1.54, 1.807) is 6.92 Å². The fourth-order valence-corrected chi connectivity index (χ4v) is 1.19. The molecule has 0 radical (unpaired) electrons. The van der Waals surface area contributed by atoms with Gasteiger partial charge >= 0.3 is 5.97 Å². The van der Waals surface area contributed by atoms with Crippen LogP contribution in [0.4, 0.5) is 0 Å². The third-order valence-corrected chi connectivity index (χ3v) is 1.78. The van der Waals surface area contributed by atoms with Crippen LogP contribution >= 0.6 is 0 Å². The van der Waals surface area contributed by atoms with Crippen LogP contribution in [0.5, 0.6) is 0 Å². The quantitative estimate of drug-likeness (QED) is 0.475. The Kier molecular flexibility index (Phi) is 3.12. The maximum atomic E-state index is 11.0. The molecule has 1 rings (SSSR count). The summed E-state index contributed by atoms with van der Waals surface area (Å²) in [6.07, 6.45) is 0.800. The lowest BCUT2D eigenvalue weighted by Gasteiger charge is -2.03. The van der Waals surface area contributed by atoms with Gasteiger partial charge in [-0.3, -0.25) is 10.1 Å². The van der Waals surface area contributed by atoms with Gasteiger partial charge in [-0.25, -0.2) is 0 Å². The summed E-state index contributed by atoms with van der Waals surface area (Å²) in [6.45, 7) is 4.23. The Morgan fingerprint density at radius 3 is 3.00 bits per heavy atom. The highest BCUT2D eigenvalue weighted by Crippen LogP contribution is 2.13. The van der Waals surface area contributed by atoms with Crippen LogP contribution in [0.2, 0.25) is 0 Å². The highest BCUT2D eigenvalue weighted by molar-refractivity contribution is 5.77. The molecule has 0 aliphatic carbocycles. The van der Waals surface area contributed by atoms with Crippen molar-refractivity contribution in [1.29, 1.82) is 0 Å². The molecular weight excluding hydrogens is 154 g/mol. The van der Waals surface area contributed by atoms with E-state index in [-0.39, 0.29) is 18.1 Å². The molecular formula is C9H13NO2. The van der Waals surface area contributed by atoms with Crippen LogP contribution in [0.15, 0.2) is 0 Å². The second kappa shape index (κ2) is 4.13. The minimum Gasteiger partial charge on any atom is -0.461 e. The maximum Gasteiger partial charge on any atom is 0.323 e. The molecule has 66 valence electrons. The van der Waals surface area contributed by atoms with Crippen molar-refractivity contribution in [2.45, 2.75) is 32.4 Å². The molecule has 0 spiro atoms. The molecule has 1 heterocycles. The van der Waals surface area contributed by atoms with Crippen LogP contribution in [0.25, 0.3) is 0 Å². The second-order valence-corrected chi connectivity index (χ2v) is 2.84. The number of cyclic esters (lactones) is 1. The van der Waals surface area contributed by atoms with Gasteiger partial charge in [0.05, 0.1) is 6.54 Å². The van der Waals surface area contributed by atoms with E-state index in [1.165, 1.54) is 0 Å². The lowest BCUT2D eigenvalue weighted by molar-refractivity contribution is -0.142. The van der Waals surface area contributed by atoms with Crippen LogP contribution in [-0.2, 0) is 9.53 Å². The topological polar surface area (TPSA) is 38.3 Å². The van der Waals surface area contributed by atoms with E-state index in [0.717, 1.165) is 6.42 Å². The fourth-order valence-electron chi connectivity index (χ4n) is 1.19. The first kappa shape index (κ1) is 9.08. The van der Waals surface area contributed by atoms with Crippen LogP contribution in [-0.4, -0.2) is 24.7 Å². The molecule has 0 aromatic rings. The van der Waals surface area contributed by atoms with Gasteiger partial charge < -0.3 is 4.74 Å². The summed E-state index contributed by atoms with van der Waals surface area (Å²) < 4.78 is 4.95. The summed E-state index contributed by atoms with van der Waals surface area (Å²) >= 11 is 0. The minimum absolute atomic E-state index is 0.0459. The molecule has 0 saturated carbocycles. The van der Waals surface area contributed by atoms with E-state index in [2.05, 4.69) is 17.2 Å². The largest absolute Gasteiger partial charge is 0.461 e. The predicted molar refractivity (Wildman–Crippen MR) is 45.4 cm³/mol. The van der Waals surface area contributed by atoms with Gasteiger partial charge in [0.25, 0.3) is 0 Å². The fraction of sp³-hybridized carbons (Fsp3) is 0.667. The molecule has 0 aromatic heterocycles. The van der Waals surface area contributed by atoms with Gasteiger partial charge in [0.2, 0.25) is 0 Å². The van der Waals surface area contributed by atoms with Crippen molar-refractivity contribution in [3.05, 3.63) is 0 Å². The summed E-state index contributed by atoms with van der Waals surface area (Å²) in [5.74, 6) is 5.44. The number of carbonyl (C=O) groups excluding carboxylic acids is 1. The van der Waals surface area contributed by atoms with Gasteiger partial charge in [0.1, 0.15) is 12.1 Å². The first-order valence-electron chi connectivity index (χ1n) is 4.07. The van der Waals surface area contributed by atoms with Crippen molar-refractivity contribution in [3.63, 3.8) is 0 Å². The molecule has 0 amide bonds. The van der Waals surface area contributed by atoms with Crippen molar-refractivity contribution >= 4 is 5.97 Å². The van der Waals surface area contributed by atoms with E-state index < -0.39 is 0 Å². The van der Waals surface area contributed by atoms with Gasteiger partial charge in [-0.15, -0.1) is 5.92 Å². The Labute approximate surface area is 72.5 Å². The number of hydrogen-bond acceptors (Lipinski definition) is 3. The maximum absolute atomic E-state index is 11.0. The number of nitrogens with one attached hydrogen (secondary N) is 1. The van der Waals surface area contributed by atoms with Gasteiger partial charge in [0.15, 0.2) is 0 Å². The zero-order valence-electron chi connectivity index (χ0n) is 7.39. The summed E-state index contributed by atoms with van der Waals surface area (Å²) in [5, 5.41) is 3.01. The third kappa shape index (κ3) is 2.24. The summed E-state index contributed by atoms with van der Waals surface area (Å²) in [6, 6.07) is -0.152. The average Bonchev–Trinajstić information content (AvgIpc) is 2.31.